The molecule has 0 radical (unpaired) electrons. The molecule has 5 heteroatoms. The first-order chi connectivity index (χ1) is 17.3. The van der Waals surface area contributed by atoms with Crippen molar-refractivity contribution in [3.8, 4) is 5.75 Å². The quantitative estimate of drug-likeness (QED) is 0.161. The Morgan fingerprint density at radius 2 is 0.914 bits per heavy atom. The van der Waals surface area contributed by atoms with Crippen LogP contribution in [0.2, 0.25) is 0 Å². The number of hydrogen-bond acceptors (Lipinski definition) is 5. The topological polar surface area (TPSA) is 58.7 Å². The first-order valence-electron chi connectivity index (χ1n) is 13.0. The molecule has 0 aliphatic carbocycles. The van der Waals surface area contributed by atoms with Crippen LogP contribution in [-0.2, 0) is 6.42 Å². The monoisotopic (exact) mass is 470 g/mol. The fraction of sp³-hybridized carbons (Fsp3) is 0.400. The molecule has 184 valence electrons. The summed E-state index contributed by atoms with van der Waals surface area (Å²) < 4.78 is 5.78. The maximum atomic E-state index is 5.78. The molecule has 5 nitrogen and oxygen atoms in total. The molecule has 0 fully saturated rings. The fourth-order valence-corrected chi connectivity index (χ4v) is 3.63. The van der Waals surface area contributed by atoms with E-state index in [-0.39, 0.29) is 0 Å². The van der Waals surface area contributed by atoms with Gasteiger partial charge in [0.15, 0.2) is 0 Å². The number of hydrogen-bond donors (Lipinski definition) is 0. The maximum Gasteiger partial charge on any atom is 0.119 e. The smallest absolute Gasteiger partial charge is 0.119 e. The van der Waals surface area contributed by atoms with Gasteiger partial charge in [0.05, 0.1) is 29.4 Å². The average molecular weight is 471 g/mol. The van der Waals surface area contributed by atoms with Crippen molar-refractivity contribution in [2.24, 2.45) is 20.5 Å². The number of ether oxygens (including phenoxy) is 1. The Bertz CT molecular complexity index is 1030. The van der Waals surface area contributed by atoms with Gasteiger partial charge in [0.2, 0.25) is 0 Å². The first-order valence-corrected chi connectivity index (χ1v) is 13.0. The molecule has 0 aliphatic rings. The van der Waals surface area contributed by atoms with Crippen molar-refractivity contribution in [3.05, 3.63) is 78.4 Å². The van der Waals surface area contributed by atoms with Crippen LogP contribution in [0.15, 0.2) is 93.3 Å². The molecule has 3 rings (SSSR count). The highest BCUT2D eigenvalue weighted by atomic mass is 16.5. The van der Waals surface area contributed by atoms with Gasteiger partial charge in [-0.25, -0.2) is 0 Å². The van der Waals surface area contributed by atoms with Crippen LogP contribution in [0.1, 0.15) is 70.8 Å². The molecule has 0 N–H and O–H groups in total. The predicted octanol–water partition coefficient (Wildman–Crippen LogP) is 10.6. The molecule has 0 aliphatic heterocycles. The summed E-state index contributed by atoms with van der Waals surface area (Å²) in [7, 11) is 0. The first kappa shape index (κ1) is 26.3. The van der Waals surface area contributed by atoms with Crippen molar-refractivity contribution in [1.82, 2.24) is 0 Å². The molecule has 0 atom stereocenters. The Balaban J connectivity index is 1.45. The Kier molecular flexibility index (Phi) is 11.7. The zero-order valence-electron chi connectivity index (χ0n) is 21.2. The van der Waals surface area contributed by atoms with Crippen LogP contribution in [0.4, 0.5) is 22.7 Å². The van der Waals surface area contributed by atoms with Crippen LogP contribution in [0.5, 0.6) is 5.75 Å². The Morgan fingerprint density at radius 1 is 0.486 bits per heavy atom. The second kappa shape index (κ2) is 15.5. The van der Waals surface area contributed by atoms with Gasteiger partial charge in [-0.1, -0.05) is 64.5 Å². The van der Waals surface area contributed by atoms with E-state index in [1.54, 1.807) is 0 Å². The normalized spacial score (nSPS) is 11.5. The summed E-state index contributed by atoms with van der Waals surface area (Å²) in [5, 5.41) is 17.3. The minimum absolute atomic E-state index is 0.759. The van der Waals surface area contributed by atoms with E-state index in [1.807, 2.05) is 60.7 Å². The van der Waals surface area contributed by atoms with Gasteiger partial charge in [-0.2, -0.15) is 20.5 Å². The third kappa shape index (κ3) is 10.2. The van der Waals surface area contributed by atoms with E-state index in [0.717, 1.165) is 47.9 Å². The molecule has 3 aromatic rings. The number of benzene rings is 3. The number of unbranched alkanes of at least 4 members (excludes halogenated alkanes) is 6. The van der Waals surface area contributed by atoms with Gasteiger partial charge in [-0.05, 0) is 85.5 Å². The molecule has 35 heavy (non-hydrogen) atoms. The van der Waals surface area contributed by atoms with Crippen LogP contribution in [0.3, 0.4) is 0 Å². The molecular formula is C30H38N4O. The van der Waals surface area contributed by atoms with Gasteiger partial charge < -0.3 is 4.74 Å². The highest BCUT2D eigenvalue weighted by Crippen LogP contribution is 2.25. The van der Waals surface area contributed by atoms with Gasteiger partial charge in [-0.15, -0.1) is 0 Å². The maximum absolute atomic E-state index is 5.78. The zero-order chi connectivity index (χ0) is 24.6. The van der Waals surface area contributed by atoms with Gasteiger partial charge in [0.25, 0.3) is 0 Å². The second-order valence-corrected chi connectivity index (χ2v) is 8.80. The van der Waals surface area contributed by atoms with Crippen molar-refractivity contribution in [2.75, 3.05) is 6.61 Å². The van der Waals surface area contributed by atoms with Gasteiger partial charge in [-0.3, -0.25) is 0 Å². The van der Waals surface area contributed by atoms with Crippen molar-refractivity contribution in [3.63, 3.8) is 0 Å². The third-order valence-corrected chi connectivity index (χ3v) is 5.77. The third-order valence-electron chi connectivity index (χ3n) is 5.77. The van der Waals surface area contributed by atoms with E-state index in [0.29, 0.717) is 0 Å². The molecule has 3 aromatic carbocycles. The van der Waals surface area contributed by atoms with Crippen LogP contribution >= 0.6 is 0 Å². The molecule has 0 amide bonds. The number of rotatable bonds is 15. The summed E-state index contributed by atoms with van der Waals surface area (Å²) in [5.41, 5.74) is 4.57. The molecule has 0 heterocycles. The molecular weight excluding hydrogens is 432 g/mol. The Hall–Kier alpha value is -3.34. The highest BCUT2D eigenvalue weighted by molar-refractivity contribution is 5.48. The summed E-state index contributed by atoms with van der Waals surface area (Å²) in [6, 6.07) is 23.7. The zero-order valence-corrected chi connectivity index (χ0v) is 21.2. The van der Waals surface area contributed by atoms with E-state index >= 15 is 0 Å². The Labute approximate surface area is 210 Å². The summed E-state index contributed by atoms with van der Waals surface area (Å²) in [6.07, 6.45) is 11.1. The van der Waals surface area contributed by atoms with E-state index < -0.39 is 0 Å². The van der Waals surface area contributed by atoms with Crippen LogP contribution in [0, 0.1) is 0 Å². The summed E-state index contributed by atoms with van der Waals surface area (Å²) in [4.78, 5) is 0. The summed E-state index contributed by atoms with van der Waals surface area (Å²) in [6.45, 7) is 5.21. The predicted molar refractivity (Wildman–Crippen MR) is 145 cm³/mol. The highest BCUT2D eigenvalue weighted by Gasteiger charge is 1.98. The molecule has 0 spiro atoms. The van der Waals surface area contributed by atoms with Crippen LogP contribution < -0.4 is 4.74 Å². The minimum atomic E-state index is 0.759. The molecule has 0 saturated heterocycles. The van der Waals surface area contributed by atoms with E-state index in [1.165, 1.54) is 50.5 Å². The fourth-order valence-electron chi connectivity index (χ4n) is 3.63. The lowest BCUT2D eigenvalue weighted by Crippen LogP contribution is -1.96. The van der Waals surface area contributed by atoms with Crippen molar-refractivity contribution >= 4 is 22.7 Å². The van der Waals surface area contributed by atoms with Gasteiger partial charge in [0, 0.05) is 0 Å². The summed E-state index contributed by atoms with van der Waals surface area (Å²) in [5.74, 6) is 0.872. The average Bonchev–Trinajstić information content (AvgIpc) is 2.90. The lowest BCUT2D eigenvalue weighted by Gasteiger charge is -2.05. The minimum Gasteiger partial charge on any atom is -0.494 e. The largest absolute Gasteiger partial charge is 0.494 e. The lowest BCUT2D eigenvalue weighted by molar-refractivity contribution is 0.305. The second-order valence-electron chi connectivity index (χ2n) is 8.80. The summed E-state index contributed by atoms with van der Waals surface area (Å²) >= 11 is 0. The standard InChI is InChI=1S/C30H38N4O/c1-3-5-7-9-11-25-12-14-26(15-13-25)31-32-27-16-18-28(19-17-27)33-34-29-20-22-30(23-21-29)35-24-10-8-6-4-2/h12-23H,3-11,24H2,1-2H3. The molecule has 0 aromatic heterocycles. The van der Waals surface area contributed by atoms with Crippen molar-refractivity contribution < 1.29 is 4.74 Å². The number of azo groups is 2. The van der Waals surface area contributed by atoms with E-state index in [2.05, 4.69) is 46.4 Å². The van der Waals surface area contributed by atoms with Gasteiger partial charge >= 0.3 is 0 Å². The molecule has 0 saturated carbocycles. The molecule has 0 unspecified atom stereocenters. The van der Waals surface area contributed by atoms with E-state index in [4.69, 9.17) is 4.74 Å². The molecule has 0 bridgehead atoms. The Morgan fingerprint density at radius 3 is 1.40 bits per heavy atom. The van der Waals surface area contributed by atoms with Crippen molar-refractivity contribution in [2.45, 2.75) is 71.6 Å². The van der Waals surface area contributed by atoms with E-state index in [9.17, 15) is 0 Å². The van der Waals surface area contributed by atoms with Gasteiger partial charge in [0.1, 0.15) is 5.75 Å². The SMILES string of the molecule is CCCCCCOc1ccc(N=Nc2ccc(N=Nc3ccc(CCCCCC)cc3)cc2)cc1. The number of nitrogens with zero attached hydrogens (tertiary/aromatic N) is 4. The van der Waals surface area contributed by atoms with Crippen LogP contribution in [0.25, 0.3) is 0 Å². The number of aryl methyl sites for hydroxylation is 1. The van der Waals surface area contributed by atoms with Crippen molar-refractivity contribution in [1.29, 1.82) is 0 Å². The van der Waals surface area contributed by atoms with Crippen LogP contribution in [-0.4, -0.2) is 6.61 Å². The lowest BCUT2D eigenvalue weighted by atomic mass is 10.1.